The summed E-state index contributed by atoms with van der Waals surface area (Å²) in [7, 11) is 1.56. The first-order valence-corrected chi connectivity index (χ1v) is 8.19. The zero-order chi connectivity index (χ0) is 15.2. The van der Waals surface area contributed by atoms with Crippen LogP contribution in [0.15, 0.2) is 45.6 Å². The Morgan fingerprint density at radius 3 is 2.81 bits per heavy atom. The fourth-order valence-electron chi connectivity index (χ4n) is 1.85. The predicted octanol–water partition coefficient (Wildman–Crippen LogP) is 4.63. The van der Waals surface area contributed by atoms with Crippen LogP contribution in [0.5, 0.6) is 5.75 Å². The van der Waals surface area contributed by atoms with Crippen molar-refractivity contribution in [3.8, 4) is 5.75 Å². The van der Waals surface area contributed by atoms with Gasteiger partial charge in [0.1, 0.15) is 11.9 Å². The second kappa shape index (κ2) is 7.47. The number of benzene rings is 1. The molecule has 1 atom stereocenters. The van der Waals surface area contributed by atoms with E-state index in [2.05, 4.69) is 15.9 Å². The molecule has 0 spiro atoms. The second-order valence-corrected chi connectivity index (χ2v) is 6.22. The van der Waals surface area contributed by atoms with Gasteiger partial charge in [-0.2, -0.15) is 11.3 Å². The van der Waals surface area contributed by atoms with E-state index >= 15 is 0 Å². The molecule has 0 aliphatic heterocycles. The highest BCUT2D eigenvalue weighted by atomic mass is 79.9. The topological polar surface area (TPSA) is 49.8 Å². The van der Waals surface area contributed by atoms with E-state index in [0.29, 0.717) is 13.0 Å². The Labute approximate surface area is 136 Å². The zero-order valence-corrected chi connectivity index (χ0v) is 13.9. The fourth-order valence-corrected chi connectivity index (χ4v) is 2.93. The molecule has 0 saturated carbocycles. The molecule has 21 heavy (non-hydrogen) atoms. The summed E-state index contributed by atoms with van der Waals surface area (Å²) in [5, 5.41) is 13.0. The van der Waals surface area contributed by atoms with Crippen LogP contribution in [0.1, 0.15) is 18.1 Å². The third-order valence-corrected chi connectivity index (χ3v) is 4.43. The lowest BCUT2D eigenvalue weighted by Crippen LogP contribution is -2.27. The number of amides is 1. The number of hydrogen-bond acceptors (Lipinski definition) is 3. The van der Waals surface area contributed by atoms with E-state index < -0.39 is 6.09 Å². The lowest BCUT2D eigenvalue weighted by molar-refractivity contribution is 0.140. The molecule has 0 saturated heterocycles. The third-order valence-electron chi connectivity index (χ3n) is 3.07. The van der Waals surface area contributed by atoms with Gasteiger partial charge in [-0.15, -0.1) is 0 Å². The van der Waals surface area contributed by atoms with Crippen molar-refractivity contribution in [2.45, 2.75) is 12.5 Å². The molecule has 0 fully saturated rings. The monoisotopic (exact) mass is 369 g/mol. The van der Waals surface area contributed by atoms with Crippen LogP contribution < -0.4 is 4.74 Å². The number of ether oxygens (including phenoxy) is 1. The molecule has 1 amide bonds. The molecule has 4 nitrogen and oxygen atoms in total. The van der Waals surface area contributed by atoms with Crippen molar-refractivity contribution in [3.63, 3.8) is 0 Å². The molecule has 1 aromatic carbocycles. The maximum atomic E-state index is 10.9. The molecule has 0 aliphatic rings. The van der Waals surface area contributed by atoms with Crippen molar-refractivity contribution in [3.05, 3.63) is 51.1 Å². The van der Waals surface area contributed by atoms with Crippen LogP contribution >= 0.6 is 27.3 Å². The summed E-state index contributed by atoms with van der Waals surface area (Å²) in [5.74, 6) is 0.756. The summed E-state index contributed by atoms with van der Waals surface area (Å²) in [6, 6.07) is 9.66. The largest absolute Gasteiger partial charge is 0.484 e. The third kappa shape index (κ3) is 4.47. The summed E-state index contributed by atoms with van der Waals surface area (Å²) in [4.78, 5) is 12.2. The summed E-state index contributed by atoms with van der Waals surface area (Å²) in [6.45, 7) is 0.417. The van der Waals surface area contributed by atoms with E-state index in [4.69, 9.17) is 9.84 Å². The maximum Gasteiger partial charge on any atom is 0.407 e. The van der Waals surface area contributed by atoms with E-state index in [-0.39, 0.29) is 6.10 Å². The maximum absolute atomic E-state index is 10.9. The van der Waals surface area contributed by atoms with Crippen LogP contribution in [0.3, 0.4) is 0 Å². The molecule has 0 aliphatic carbocycles. The second-order valence-electron chi connectivity index (χ2n) is 4.59. The number of hydrogen-bond donors (Lipinski definition) is 1. The van der Waals surface area contributed by atoms with Gasteiger partial charge in [0.15, 0.2) is 0 Å². The van der Waals surface area contributed by atoms with Gasteiger partial charge in [-0.25, -0.2) is 4.79 Å². The van der Waals surface area contributed by atoms with E-state index in [0.717, 1.165) is 15.8 Å². The first kappa shape index (κ1) is 15.9. The quantitative estimate of drug-likeness (QED) is 0.807. The minimum absolute atomic E-state index is 0.170. The molecule has 1 N–H and O–H groups in total. The Bertz CT molecular complexity index is 588. The van der Waals surface area contributed by atoms with E-state index in [1.165, 1.54) is 4.90 Å². The molecule has 1 heterocycles. The number of rotatable bonds is 6. The van der Waals surface area contributed by atoms with Gasteiger partial charge in [-0.1, -0.05) is 12.1 Å². The normalized spacial score (nSPS) is 11.9. The number of halogens is 1. The summed E-state index contributed by atoms with van der Waals surface area (Å²) >= 11 is 5.07. The fraction of sp³-hybridized carbons (Fsp3) is 0.267. The average Bonchev–Trinajstić information content (AvgIpc) is 2.99. The number of carbonyl (C=O) groups is 1. The molecule has 2 aromatic rings. The van der Waals surface area contributed by atoms with Crippen LogP contribution in [-0.2, 0) is 0 Å². The number of thiophene rings is 1. The van der Waals surface area contributed by atoms with Gasteiger partial charge in [0.05, 0.1) is 4.47 Å². The van der Waals surface area contributed by atoms with Gasteiger partial charge in [0.25, 0.3) is 0 Å². The smallest absolute Gasteiger partial charge is 0.407 e. The minimum atomic E-state index is -0.931. The molecular formula is C15H16BrNO3S. The van der Waals surface area contributed by atoms with Crippen molar-refractivity contribution in [1.82, 2.24) is 4.90 Å². The van der Waals surface area contributed by atoms with Crippen LogP contribution in [0, 0.1) is 0 Å². The van der Waals surface area contributed by atoms with Crippen molar-refractivity contribution in [2.24, 2.45) is 0 Å². The standard InChI is InChI=1S/C15H16BrNO3S/c1-17(15(18)19)8-6-13(11-7-9-21-10-11)20-14-5-3-2-4-12(14)16/h2-5,7,9-10,13H,6,8H2,1H3,(H,18,19). The molecule has 1 unspecified atom stereocenters. The lowest BCUT2D eigenvalue weighted by Gasteiger charge is -2.21. The Morgan fingerprint density at radius 2 is 2.19 bits per heavy atom. The number of carboxylic acid groups (broad SMARTS) is 1. The van der Waals surface area contributed by atoms with Crippen molar-refractivity contribution in [1.29, 1.82) is 0 Å². The first-order valence-electron chi connectivity index (χ1n) is 6.45. The van der Waals surface area contributed by atoms with Gasteiger partial charge in [-0.05, 0) is 44.9 Å². The minimum Gasteiger partial charge on any atom is -0.484 e. The highest BCUT2D eigenvalue weighted by Crippen LogP contribution is 2.31. The average molecular weight is 370 g/mol. The number of para-hydroxylation sites is 1. The van der Waals surface area contributed by atoms with E-state index in [1.54, 1.807) is 18.4 Å². The Kier molecular flexibility index (Phi) is 5.64. The van der Waals surface area contributed by atoms with Gasteiger partial charge in [0, 0.05) is 25.6 Å². The molecule has 2 rings (SSSR count). The lowest BCUT2D eigenvalue weighted by atomic mass is 10.1. The Hall–Kier alpha value is -1.53. The Morgan fingerprint density at radius 1 is 1.43 bits per heavy atom. The highest BCUT2D eigenvalue weighted by Gasteiger charge is 2.17. The molecular weight excluding hydrogens is 354 g/mol. The van der Waals surface area contributed by atoms with Gasteiger partial charge < -0.3 is 14.7 Å². The zero-order valence-electron chi connectivity index (χ0n) is 11.5. The highest BCUT2D eigenvalue weighted by molar-refractivity contribution is 9.10. The van der Waals surface area contributed by atoms with E-state index in [1.807, 2.05) is 41.1 Å². The predicted molar refractivity (Wildman–Crippen MR) is 87.1 cm³/mol. The van der Waals surface area contributed by atoms with Crippen LogP contribution in [0.2, 0.25) is 0 Å². The summed E-state index contributed by atoms with van der Waals surface area (Å²) < 4.78 is 6.95. The van der Waals surface area contributed by atoms with Crippen molar-refractivity contribution in [2.75, 3.05) is 13.6 Å². The van der Waals surface area contributed by atoms with Gasteiger partial charge >= 0.3 is 6.09 Å². The van der Waals surface area contributed by atoms with Crippen molar-refractivity contribution >= 4 is 33.4 Å². The van der Waals surface area contributed by atoms with Gasteiger partial charge in [-0.3, -0.25) is 0 Å². The van der Waals surface area contributed by atoms with Crippen LogP contribution in [0.4, 0.5) is 4.79 Å². The molecule has 0 bridgehead atoms. The SMILES string of the molecule is CN(CCC(Oc1ccccc1Br)c1ccsc1)C(=O)O. The summed E-state index contributed by atoms with van der Waals surface area (Å²) in [6.07, 6.45) is -0.502. The first-order chi connectivity index (χ1) is 10.1. The Balaban J connectivity index is 2.10. The van der Waals surface area contributed by atoms with Crippen LogP contribution in [0.25, 0.3) is 0 Å². The molecule has 0 radical (unpaired) electrons. The molecule has 6 heteroatoms. The van der Waals surface area contributed by atoms with Gasteiger partial charge in [0.2, 0.25) is 0 Å². The number of nitrogens with zero attached hydrogens (tertiary/aromatic N) is 1. The van der Waals surface area contributed by atoms with Crippen LogP contribution in [-0.4, -0.2) is 29.7 Å². The van der Waals surface area contributed by atoms with Crippen molar-refractivity contribution < 1.29 is 14.6 Å². The molecule has 1 aromatic heterocycles. The summed E-state index contributed by atoms with van der Waals surface area (Å²) in [5.41, 5.74) is 1.06. The molecule has 112 valence electrons. The van der Waals surface area contributed by atoms with E-state index in [9.17, 15) is 4.79 Å².